The topological polar surface area (TPSA) is 368 Å². The first kappa shape index (κ1) is 50.0. The molecule has 5 heterocycles. The second-order valence-corrected chi connectivity index (χ2v) is 16.9. The number of aryl methyl sites for hydroxylation is 2. The number of carbonyl (C=O) groups excluding carboxylic acids is 2. The van der Waals surface area contributed by atoms with Crippen LogP contribution >= 0.6 is 0 Å². The van der Waals surface area contributed by atoms with Crippen LogP contribution in [0.2, 0.25) is 0 Å². The number of phenolic OH excluding ortho intramolecular Hbond substituents is 2. The summed E-state index contributed by atoms with van der Waals surface area (Å²) in [7, 11) is 0. The van der Waals surface area contributed by atoms with Crippen LogP contribution in [0.25, 0.3) is 56.9 Å². The number of nitrogens with zero attached hydrogens (tertiary/aromatic N) is 12. The predicted molar refractivity (Wildman–Crippen MR) is 269 cm³/mol. The zero-order chi connectivity index (χ0) is 53.6. The Balaban J connectivity index is 0.953. The number of aromatic carboxylic acids is 2. The van der Waals surface area contributed by atoms with Gasteiger partial charge in [-0.2, -0.15) is 5.11 Å². The van der Waals surface area contributed by atoms with Gasteiger partial charge in [-0.25, -0.2) is 39.1 Å². The molecule has 0 unspecified atom stereocenters. The zero-order valence-corrected chi connectivity index (χ0v) is 39.6. The highest BCUT2D eigenvalue weighted by Gasteiger charge is 2.20. The number of unbranched alkanes of at least 4 members (excludes halogenated alkanes) is 1. The molecular weight excluding hydrogens is 983 g/mol. The lowest BCUT2D eigenvalue weighted by Crippen LogP contribution is -2.25. The van der Waals surface area contributed by atoms with E-state index >= 15 is 0 Å². The van der Waals surface area contributed by atoms with E-state index in [1.165, 1.54) is 93.2 Å². The smallest absolute Gasteiger partial charge is 0.339 e. The number of aromatic hydroxyl groups is 4. The molecule has 9 N–H and O–H groups in total. The Morgan fingerprint density at radius 1 is 0.618 bits per heavy atom. The molecular formula is C51H41N15O10. The predicted octanol–water partition coefficient (Wildman–Crippen LogP) is 6.75. The summed E-state index contributed by atoms with van der Waals surface area (Å²) in [4.78, 5) is 57.7. The molecule has 0 bridgehead atoms. The minimum Gasteiger partial charge on any atom is -0.508 e. The van der Waals surface area contributed by atoms with Crippen LogP contribution in [-0.2, 0) is 6.42 Å². The number of benzene rings is 4. The summed E-state index contributed by atoms with van der Waals surface area (Å²) in [6.07, 6.45) is 8.07. The molecule has 0 fully saturated rings. The van der Waals surface area contributed by atoms with Gasteiger partial charge in [0, 0.05) is 48.3 Å². The molecule has 0 spiro atoms. The van der Waals surface area contributed by atoms with E-state index in [1.807, 2.05) is 12.1 Å². The first-order valence-corrected chi connectivity index (χ1v) is 22.8. The van der Waals surface area contributed by atoms with E-state index in [0.717, 1.165) is 5.56 Å². The molecule has 5 aromatic heterocycles. The van der Waals surface area contributed by atoms with Gasteiger partial charge in [-0.05, 0) is 104 Å². The van der Waals surface area contributed by atoms with Crippen LogP contribution in [-0.4, -0.2) is 116 Å². The number of nitrogens with one attached hydrogen (secondary N) is 3. The number of hydrogen-bond donors (Lipinski definition) is 9. The fourth-order valence-electron chi connectivity index (χ4n) is 7.67. The SMILES string of the molecule is Cc1ccc(N/C=C(\N=N)c2cc(C(=O)NCCCCc3cc(-c4cn(-c5ccc(C=O)c(O)c5)nn4)nc(-c4cn(-c5ccc(C(=O)O)c(O)c5)nn4)c3)cc(-c3cn(-c4ccc(C(=O)O)c(O)c4)nn3)n2)cc1O. The lowest BCUT2D eigenvalue weighted by molar-refractivity contribution is 0.0682. The third kappa shape index (κ3) is 10.9. The van der Waals surface area contributed by atoms with E-state index in [-0.39, 0.29) is 68.8 Å². The molecule has 0 aliphatic rings. The third-order valence-electron chi connectivity index (χ3n) is 11.7. The number of phenols is 4. The lowest BCUT2D eigenvalue weighted by atomic mass is 10.1. The Morgan fingerprint density at radius 3 is 1.66 bits per heavy atom. The Kier molecular flexibility index (Phi) is 14.1. The maximum Gasteiger partial charge on any atom is 0.339 e. The number of aromatic nitrogens is 11. The first-order chi connectivity index (χ1) is 36.6. The van der Waals surface area contributed by atoms with E-state index in [1.54, 1.807) is 37.5 Å². The quantitative estimate of drug-likeness (QED) is 0.0229. The number of pyridine rings is 2. The van der Waals surface area contributed by atoms with Crippen molar-refractivity contribution in [2.75, 3.05) is 11.9 Å². The maximum atomic E-state index is 13.9. The highest BCUT2D eigenvalue weighted by molar-refractivity contribution is 5.96. The summed E-state index contributed by atoms with van der Waals surface area (Å²) in [6.45, 7) is 1.96. The lowest BCUT2D eigenvalue weighted by Gasteiger charge is -2.10. The van der Waals surface area contributed by atoms with Crippen molar-refractivity contribution in [3.63, 3.8) is 0 Å². The highest BCUT2D eigenvalue weighted by Crippen LogP contribution is 2.29. The summed E-state index contributed by atoms with van der Waals surface area (Å²) >= 11 is 0. The van der Waals surface area contributed by atoms with Crippen molar-refractivity contribution in [3.05, 3.63) is 161 Å². The Hall–Kier alpha value is -11.0. The molecule has 0 atom stereocenters. The number of carboxylic acid groups (broad SMARTS) is 2. The number of carboxylic acids is 2. The Bertz CT molecular complexity index is 3790. The monoisotopic (exact) mass is 1020 g/mol. The molecule has 9 rings (SSSR count). The standard InChI is InChI=1S/C51H41N15O10/c1-27-5-7-31(18-45(27)68)54-22-41(57-52)39-16-30(17-40(56-39)44-25-66(63-60-44)34-10-12-36(51(75)76)48(71)21-34)49(72)53-13-3-2-4-28-14-37(42-23-64(61-58-42)32-8-6-29(26-67)46(69)19-32)55-38(15-28)43-24-65(62-59-43)33-9-11-35(50(73)74)47(70)20-33/h5-12,14-26,52,54,68-71H,2-4,13H2,1H3,(H,53,72)(H,73,74)(H,75,76)/b41-22-,57-52?. The third-order valence-corrected chi connectivity index (χ3v) is 11.7. The van der Waals surface area contributed by atoms with Crippen LogP contribution in [0.3, 0.4) is 0 Å². The summed E-state index contributed by atoms with van der Waals surface area (Å²) in [5.74, 6) is -4.25. The molecule has 0 saturated carbocycles. The van der Waals surface area contributed by atoms with Crippen molar-refractivity contribution in [2.45, 2.75) is 26.2 Å². The molecule has 0 radical (unpaired) electrons. The minimum atomic E-state index is -1.32. The van der Waals surface area contributed by atoms with Crippen LogP contribution in [0.5, 0.6) is 23.0 Å². The van der Waals surface area contributed by atoms with Crippen molar-refractivity contribution >= 4 is 35.5 Å². The molecule has 1 amide bonds. The number of aldehydes is 1. The van der Waals surface area contributed by atoms with Crippen LogP contribution in [0.4, 0.5) is 5.69 Å². The van der Waals surface area contributed by atoms with E-state index in [4.69, 9.17) is 10.5 Å². The van der Waals surface area contributed by atoms with E-state index in [9.17, 15) is 49.8 Å². The van der Waals surface area contributed by atoms with Gasteiger partial charge in [0.15, 0.2) is 6.29 Å². The molecule has 4 aromatic carbocycles. The average molecular weight is 1020 g/mol. The molecule has 0 aliphatic heterocycles. The van der Waals surface area contributed by atoms with Gasteiger partial charge in [-0.15, -0.1) is 15.3 Å². The van der Waals surface area contributed by atoms with Crippen molar-refractivity contribution in [1.29, 1.82) is 5.53 Å². The number of amides is 1. The van der Waals surface area contributed by atoms with Crippen molar-refractivity contribution in [1.82, 2.24) is 60.3 Å². The van der Waals surface area contributed by atoms with E-state index in [0.29, 0.717) is 70.9 Å². The van der Waals surface area contributed by atoms with Crippen molar-refractivity contribution in [3.8, 4) is 74.2 Å². The van der Waals surface area contributed by atoms with Crippen LogP contribution in [0.15, 0.2) is 127 Å². The summed E-state index contributed by atoms with van der Waals surface area (Å²) < 4.78 is 4.05. The van der Waals surface area contributed by atoms with Gasteiger partial charge in [0.1, 0.15) is 56.9 Å². The first-order valence-electron chi connectivity index (χ1n) is 22.8. The van der Waals surface area contributed by atoms with E-state index < -0.39 is 29.3 Å². The number of carbonyl (C=O) groups is 4. The Labute approximate surface area is 428 Å². The molecule has 25 heteroatoms. The normalized spacial score (nSPS) is 11.3. The Morgan fingerprint density at radius 2 is 1.16 bits per heavy atom. The van der Waals surface area contributed by atoms with Gasteiger partial charge in [0.25, 0.3) is 5.91 Å². The molecule has 76 heavy (non-hydrogen) atoms. The fraction of sp³-hybridized carbons (Fsp3) is 0.0980. The van der Waals surface area contributed by atoms with Crippen LogP contribution < -0.4 is 10.6 Å². The van der Waals surface area contributed by atoms with Gasteiger partial charge in [0.05, 0.1) is 64.0 Å². The van der Waals surface area contributed by atoms with E-state index in [2.05, 4.69) is 51.7 Å². The van der Waals surface area contributed by atoms with Gasteiger partial charge >= 0.3 is 11.9 Å². The largest absolute Gasteiger partial charge is 0.508 e. The number of hydrogen-bond acceptors (Lipinski definition) is 19. The summed E-state index contributed by atoms with van der Waals surface area (Å²) in [5.41, 5.74) is 12.6. The van der Waals surface area contributed by atoms with Gasteiger partial charge in [-0.3, -0.25) is 9.59 Å². The zero-order valence-electron chi connectivity index (χ0n) is 39.6. The van der Waals surface area contributed by atoms with Gasteiger partial charge < -0.3 is 41.3 Å². The molecule has 0 aliphatic carbocycles. The highest BCUT2D eigenvalue weighted by atomic mass is 16.4. The summed E-state index contributed by atoms with van der Waals surface area (Å²) in [6, 6.07) is 23.7. The van der Waals surface area contributed by atoms with Crippen LogP contribution in [0.1, 0.15) is 71.1 Å². The second-order valence-electron chi connectivity index (χ2n) is 16.9. The summed E-state index contributed by atoms with van der Waals surface area (Å²) in [5, 5.41) is 94.9. The molecule has 9 aromatic rings. The maximum absolute atomic E-state index is 13.9. The van der Waals surface area contributed by atoms with Gasteiger partial charge in [0.2, 0.25) is 0 Å². The number of rotatable bonds is 19. The molecule has 380 valence electrons. The van der Waals surface area contributed by atoms with Gasteiger partial charge in [-0.1, -0.05) is 21.7 Å². The van der Waals surface area contributed by atoms with Crippen molar-refractivity contribution < 1.29 is 49.8 Å². The number of anilines is 1. The second kappa shape index (κ2) is 21.4. The molecule has 25 nitrogen and oxygen atoms in total. The average Bonchev–Trinajstić information content (AvgIpc) is 4.23. The van der Waals surface area contributed by atoms with Crippen LogP contribution in [0, 0.1) is 12.5 Å². The molecule has 0 saturated heterocycles. The van der Waals surface area contributed by atoms with Crippen molar-refractivity contribution in [2.24, 2.45) is 5.11 Å². The minimum absolute atomic E-state index is 0.0139. The fourth-order valence-corrected chi connectivity index (χ4v) is 7.67.